The van der Waals surface area contributed by atoms with Crippen LogP contribution < -0.4 is 5.32 Å². The Hall–Kier alpha value is -1.08. The SMILES string of the molecule is CC(C)SCC(=O)NC(C)c1nc(C(=O)O)cs1. The number of aromatic carboxylic acids is 1. The predicted molar refractivity (Wildman–Crippen MR) is 73.2 cm³/mol. The first kappa shape index (κ1) is 15.0. The van der Waals surface area contributed by atoms with E-state index in [0.29, 0.717) is 16.0 Å². The molecule has 5 nitrogen and oxygen atoms in total. The van der Waals surface area contributed by atoms with Gasteiger partial charge in [0.1, 0.15) is 5.01 Å². The third kappa shape index (κ3) is 4.66. The number of carbonyl (C=O) groups is 2. The first-order chi connectivity index (χ1) is 8.40. The molecule has 0 aliphatic heterocycles. The van der Waals surface area contributed by atoms with E-state index < -0.39 is 5.97 Å². The van der Waals surface area contributed by atoms with Crippen LogP contribution in [0.2, 0.25) is 0 Å². The quantitative estimate of drug-likeness (QED) is 0.838. The van der Waals surface area contributed by atoms with E-state index in [-0.39, 0.29) is 17.6 Å². The number of carbonyl (C=O) groups excluding carboxylic acids is 1. The van der Waals surface area contributed by atoms with E-state index in [1.807, 2.05) is 13.8 Å². The summed E-state index contributed by atoms with van der Waals surface area (Å²) in [5, 5.41) is 14.0. The van der Waals surface area contributed by atoms with Gasteiger partial charge in [0.25, 0.3) is 0 Å². The highest BCUT2D eigenvalue weighted by molar-refractivity contribution is 8.00. The Morgan fingerprint density at radius 1 is 1.50 bits per heavy atom. The van der Waals surface area contributed by atoms with Gasteiger partial charge in [-0.15, -0.1) is 23.1 Å². The van der Waals surface area contributed by atoms with Crippen molar-refractivity contribution in [1.82, 2.24) is 10.3 Å². The zero-order valence-corrected chi connectivity index (χ0v) is 12.1. The minimum atomic E-state index is -1.05. The molecule has 0 fully saturated rings. The summed E-state index contributed by atoms with van der Waals surface area (Å²) in [7, 11) is 0. The van der Waals surface area contributed by atoms with Crippen LogP contribution in [0, 0.1) is 0 Å². The van der Waals surface area contributed by atoms with E-state index in [4.69, 9.17) is 5.11 Å². The third-order valence-electron chi connectivity index (χ3n) is 2.04. The second-order valence-corrected chi connectivity index (χ2v) is 6.48. The van der Waals surface area contributed by atoms with Crippen molar-refractivity contribution in [1.29, 1.82) is 0 Å². The van der Waals surface area contributed by atoms with Crippen molar-refractivity contribution in [2.24, 2.45) is 0 Å². The summed E-state index contributed by atoms with van der Waals surface area (Å²) in [6, 6.07) is -0.261. The fourth-order valence-electron chi connectivity index (χ4n) is 1.17. The summed E-state index contributed by atoms with van der Waals surface area (Å²) in [6.45, 7) is 5.85. The van der Waals surface area contributed by atoms with Gasteiger partial charge in [0.05, 0.1) is 11.8 Å². The molecule has 1 heterocycles. The number of carboxylic acids is 1. The Kier molecular flexibility index (Phi) is 5.61. The Morgan fingerprint density at radius 3 is 2.67 bits per heavy atom. The largest absolute Gasteiger partial charge is 0.476 e. The van der Waals surface area contributed by atoms with Crippen molar-refractivity contribution < 1.29 is 14.7 Å². The zero-order chi connectivity index (χ0) is 13.7. The molecule has 0 bridgehead atoms. The molecule has 0 aromatic carbocycles. The molecule has 1 atom stereocenters. The molecule has 1 aromatic heterocycles. The molecule has 0 radical (unpaired) electrons. The van der Waals surface area contributed by atoms with Crippen molar-refractivity contribution in [2.45, 2.75) is 32.1 Å². The zero-order valence-electron chi connectivity index (χ0n) is 10.5. The van der Waals surface area contributed by atoms with Gasteiger partial charge in [-0.25, -0.2) is 9.78 Å². The van der Waals surface area contributed by atoms with E-state index in [1.54, 1.807) is 18.7 Å². The number of rotatable bonds is 6. The molecule has 0 saturated heterocycles. The molecular weight excluding hydrogens is 272 g/mol. The monoisotopic (exact) mass is 288 g/mol. The smallest absolute Gasteiger partial charge is 0.355 e. The number of thiazole rings is 1. The van der Waals surface area contributed by atoms with E-state index in [1.165, 1.54) is 16.7 Å². The summed E-state index contributed by atoms with van der Waals surface area (Å²) in [6.07, 6.45) is 0. The van der Waals surface area contributed by atoms with Crippen molar-refractivity contribution in [3.05, 3.63) is 16.1 Å². The Morgan fingerprint density at radius 2 is 2.17 bits per heavy atom. The maximum Gasteiger partial charge on any atom is 0.355 e. The van der Waals surface area contributed by atoms with Crippen LogP contribution in [0.5, 0.6) is 0 Å². The van der Waals surface area contributed by atoms with Gasteiger partial charge in [-0.3, -0.25) is 4.79 Å². The molecule has 18 heavy (non-hydrogen) atoms. The minimum Gasteiger partial charge on any atom is -0.476 e. The van der Waals surface area contributed by atoms with Gasteiger partial charge in [0.2, 0.25) is 5.91 Å². The number of carboxylic acid groups (broad SMARTS) is 1. The molecule has 7 heteroatoms. The van der Waals surface area contributed by atoms with Gasteiger partial charge < -0.3 is 10.4 Å². The summed E-state index contributed by atoms with van der Waals surface area (Å²) >= 11 is 2.80. The second kappa shape index (κ2) is 6.75. The lowest BCUT2D eigenvalue weighted by atomic mass is 10.3. The minimum absolute atomic E-state index is 0.0210. The maximum atomic E-state index is 11.6. The molecular formula is C11H16N2O3S2. The first-order valence-electron chi connectivity index (χ1n) is 5.49. The topological polar surface area (TPSA) is 79.3 Å². The van der Waals surface area contributed by atoms with E-state index in [0.717, 1.165) is 0 Å². The normalized spacial score (nSPS) is 12.4. The van der Waals surface area contributed by atoms with Crippen molar-refractivity contribution in [3.8, 4) is 0 Å². The lowest BCUT2D eigenvalue weighted by Gasteiger charge is -2.11. The molecule has 1 aromatic rings. The summed E-state index contributed by atoms with van der Waals surface area (Å²) in [4.78, 5) is 26.2. The fraction of sp³-hybridized carbons (Fsp3) is 0.545. The van der Waals surface area contributed by atoms with Crippen LogP contribution in [0.4, 0.5) is 0 Å². The number of amides is 1. The van der Waals surface area contributed by atoms with Gasteiger partial charge in [0, 0.05) is 5.38 Å². The van der Waals surface area contributed by atoms with Crippen molar-refractivity contribution in [3.63, 3.8) is 0 Å². The van der Waals surface area contributed by atoms with E-state index in [2.05, 4.69) is 10.3 Å². The molecule has 1 unspecified atom stereocenters. The lowest BCUT2D eigenvalue weighted by molar-refractivity contribution is -0.119. The summed E-state index contributed by atoms with van der Waals surface area (Å²) in [5.41, 5.74) is 0.0210. The highest BCUT2D eigenvalue weighted by Crippen LogP contribution is 2.18. The Labute approximate surface area is 114 Å². The standard InChI is InChI=1S/C11H16N2O3S2/c1-6(2)17-5-9(14)12-7(3)10-13-8(4-18-10)11(15)16/h4,6-7H,5H2,1-3H3,(H,12,14)(H,15,16). The molecule has 1 rings (SSSR count). The molecule has 0 aliphatic rings. The van der Waals surface area contributed by atoms with Crippen molar-refractivity contribution in [2.75, 3.05) is 5.75 Å². The fourth-order valence-corrected chi connectivity index (χ4v) is 2.54. The molecule has 0 aliphatic carbocycles. The summed E-state index contributed by atoms with van der Waals surface area (Å²) in [5.74, 6) is -0.709. The average Bonchev–Trinajstić information content (AvgIpc) is 2.75. The van der Waals surface area contributed by atoms with Gasteiger partial charge in [-0.05, 0) is 12.2 Å². The maximum absolute atomic E-state index is 11.6. The first-order valence-corrected chi connectivity index (χ1v) is 7.42. The number of nitrogens with zero attached hydrogens (tertiary/aromatic N) is 1. The second-order valence-electron chi connectivity index (χ2n) is 4.03. The molecule has 0 saturated carbocycles. The number of hydrogen-bond acceptors (Lipinski definition) is 5. The molecule has 2 N–H and O–H groups in total. The Balaban J connectivity index is 2.51. The van der Waals surface area contributed by atoms with Gasteiger partial charge >= 0.3 is 5.97 Å². The van der Waals surface area contributed by atoms with E-state index >= 15 is 0 Å². The predicted octanol–water partition coefficient (Wildman–Crippen LogP) is 2.16. The van der Waals surface area contributed by atoms with Crippen LogP contribution in [0.25, 0.3) is 0 Å². The molecule has 100 valence electrons. The van der Waals surface area contributed by atoms with Gasteiger partial charge in [-0.1, -0.05) is 13.8 Å². The van der Waals surface area contributed by atoms with Gasteiger partial charge in [-0.2, -0.15) is 0 Å². The van der Waals surface area contributed by atoms with Crippen LogP contribution in [0.1, 0.15) is 42.3 Å². The number of thioether (sulfide) groups is 1. The average molecular weight is 288 g/mol. The van der Waals surface area contributed by atoms with Crippen LogP contribution in [-0.2, 0) is 4.79 Å². The number of hydrogen-bond donors (Lipinski definition) is 2. The van der Waals surface area contributed by atoms with Crippen LogP contribution in [0.3, 0.4) is 0 Å². The molecule has 0 spiro atoms. The number of nitrogens with one attached hydrogen (secondary N) is 1. The lowest BCUT2D eigenvalue weighted by Crippen LogP contribution is -2.28. The Bertz CT molecular complexity index is 432. The highest BCUT2D eigenvalue weighted by atomic mass is 32.2. The van der Waals surface area contributed by atoms with Crippen molar-refractivity contribution >= 4 is 35.0 Å². The number of aromatic nitrogens is 1. The van der Waals surface area contributed by atoms with Crippen LogP contribution in [0.15, 0.2) is 5.38 Å². The van der Waals surface area contributed by atoms with Crippen LogP contribution in [-0.4, -0.2) is 33.0 Å². The van der Waals surface area contributed by atoms with E-state index in [9.17, 15) is 9.59 Å². The third-order valence-corrected chi connectivity index (χ3v) is 4.16. The summed E-state index contributed by atoms with van der Waals surface area (Å²) < 4.78 is 0. The highest BCUT2D eigenvalue weighted by Gasteiger charge is 2.16. The van der Waals surface area contributed by atoms with Crippen LogP contribution >= 0.6 is 23.1 Å². The van der Waals surface area contributed by atoms with Gasteiger partial charge in [0.15, 0.2) is 5.69 Å². The molecule has 1 amide bonds.